The van der Waals surface area contributed by atoms with Crippen LogP contribution in [-0.2, 0) is 15.7 Å². The number of ether oxygens (including phenoxy) is 1. The smallest absolute Gasteiger partial charge is 0.378 e. The Morgan fingerprint density at radius 1 is 1.24 bits per heavy atom. The van der Waals surface area contributed by atoms with Gasteiger partial charge in [0.15, 0.2) is 0 Å². The quantitative estimate of drug-likeness (QED) is 0.758. The van der Waals surface area contributed by atoms with Crippen LogP contribution in [0.5, 0.6) is 0 Å². The Balaban J connectivity index is 2.21. The summed E-state index contributed by atoms with van der Waals surface area (Å²) < 4.78 is 44.1. The maximum atomic E-state index is 13.0. The molecule has 1 heterocycles. The average Bonchev–Trinajstić information content (AvgIpc) is 2.59. The van der Waals surface area contributed by atoms with Gasteiger partial charge in [0.25, 0.3) is 0 Å². The van der Waals surface area contributed by atoms with E-state index in [1.165, 1.54) is 13.1 Å². The molecule has 3 N–H and O–H groups in total. The number of halogens is 3. The van der Waals surface area contributed by atoms with E-state index in [-0.39, 0.29) is 12.2 Å². The molecule has 10 heteroatoms. The van der Waals surface area contributed by atoms with Gasteiger partial charge >= 0.3 is 12.2 Å². The molecule has 25 heavy (non-hydrogen) atoms. The van der Waals surface area contributed by atoms with Crippen LogP contribution in [0.2, 0.25) is 0 Å². The summed E-state index contributed by atoms with van der Waals surface area (Å²) in [7, 11) is 1.41. The normalized spacial score (nSPS) is 14.8. The van der Waals surface area contributed by atoms with Crippen LogP contribution in [0.1, 0.15) is 5.56 Å². The number of nitrogens with one attached hydrogen (secondary N) is 3. The molecule has 0 spiro atoms. The minimum Gasteiger partial charge on any atom is -0.378 e. The fraction of sp³-hybridized carbons (Fsp3) is 0.467. The zero-order valence-corrected chi connectivity index (χ0v) is 13.6. The lowest BCUT2D eigenvalue weighted by atomic mass is 10.1. The molecule has 0 unspecified atom stereocenters. The van der Waals surface area contributed by atoms with Gasteiger partial charge in [-0.1, -0.05) is 0 Å². The molecule has 1 saturated heterocycles. The van der Waals surface area contributed by atoms with Crippen LogP contribution in [0.15, 0.2) is 18.2 Å². The van der Waals surface area contributed by atoms with E-state index in [1.54, 1.807) is 0 Å². The van der Waals surface area contributed by atoms with Crippen molar-refractivity contribution in [3.8, 4) is 0 Å². The molecule has 1 fully saturated rings. The van der Waals surface area contributed by atoms with Crippen molar-refractivity contribution < 1.29 is 27.5 Å². The molecule has 0 bridgehead atoms. The molecule has 1 aromatic rings. The van der Waals surface area contributed by atoms with Crippen molar-refractivity contribution in [1.82, 2.24) is 10.6 Å². The van der Waals surface area contributed by atoms with Crippen LogP contribution in [0.4, 0.5) is 29.3 Å². The molecule has 1 aliphatic rings. The number of nitrogens with zero attached hydrogens (tertiary/aromatic N) is 1. The third-order valence-corrected chi connectivity index (χ3v) is 3.61. The summed E-state index contributed by atoms with van der Waals surface area (Å²) in [4.78, 5) is 24.9. The minimum absolute atomic E-state index is 0.0196. The highest BCUT2D eigenvalue weighted by Gasteiger charge is 2.31. The van der Waals surface area contributed by atoms with Gasteiger partial charge in [0.1, 0.15) is 0 Å². The molecule has 0 radical (unpaired) electrons. The van der Waals surface area contributed by atoms with Crippen molar-refractivity contribution in [2.45, 2.75) is 6.18 Å². The van der Waals surface area contributed by atoms with Gasteiger partial charge in [0.05, 0.1) is 36.7 Å². The second-order valence-electron chi connectivity index (χ2n) is 5.31. The second kappa shape index (κ2) is 8.06. The van der Waals surface area contributed by atoms with Crippen LogP contribution >= 0.6 is 0 Å². The van der Waals surface area contributed by atoms with E-state index in [1.807, 2.05) is 4.90 Å². The first kappa shape index (κ1) is 18.8. The maximum Gasteiger partial charge on any atom is 0.416 e. The number of hydrogen-bond acceptors (Lipinski definition) is 4. The van der Waals surface area contributed by atoms with E-state index in [0.717, 1.165) is 12.1 Å². The third-order valence-electron chi connectivity index (χ3n) is 3.61. The van der Waals surface area contributed by atoms with Gasteiger partial charge in [-0.3, -0.25) is 4.79 Å². The van der Waals surface area contributed by atoms with E-state index >= 15 is 0 Å². The highest BCUT2D eigenvalue weighted by Crippen LogP contribution is 2.35. The molecule has 7 nitrogen and oxygen atoms in total. The van der Waals surface area contributed by atoms with Gasteiger partial charge in [-0.15, -0.1) is 0 Å². The van der Waals surface area contributed by atoms with Gasteiger partial charge in [-0.25, -0.2) is 4.79 Å². The molecule has 1 aromatic carbocycles. The molecule has 0 aliphatic carbocycles. The highest BCUT2D eigenvalue weighted by atomic mass is 19.4. The molecule has 3 amide bonds. The summed E-state index contributed by atoms with van der Waals surface area (Å²) in [6.07, 6.45) is -4.53. The highest BCUT2D eigenvalue weighted by molar-refractivity contribution is 5.95. The second-order valence-corrected chi connectivity index (χ2v) is 5.31. The number of carbonyl (C=O) groups excluding carboxylic acids is 2. The fourth-order valence-electron chi connectivity index (χ4n) is 2.31. The summed E-state index contributed by atoms with van der Waals surface area (Å²) in [5.41, 5.74) is -0.386. The number of amides is 3. The van der Waals surface area contributed by atoms with Crippen molar-refractivity contribution in [1.29, 1.82) is 0 Å². The van der Waals surface area contributed by atoms with E-state index < -0.39 is 23.7 Å². The Morgan fingerprint density at radius 3 is 2.52 bits per heavy atom. The molecule has 2 rings (SSSR count). The number of rotatable bonds is 4. The molecule has 0 atom stereocenters. The zero-order valence-electron chi connectivity index (χ0n) is 13.6. The third kappa shape index (κ3) is 5.24. The number of likely N-dealkylation sites (N-methyl/N-ethyl adjacent to an activating group) is 1. The molecular formula is C15H19F3N4O3. The number of alkyl halides is 3. The predicted octanol–water partition coefficient (Wildman–Crippen LogP) is 1.41. The van der Waals surface area contributed by atoms with Crippen molar-refractivity contribution in [3.63, 3.8) is 0 Å². The fourth-order valence-corrected chi connectivity index (χ4v) is 2.31. The summed E-state index contributed by atoms with van der Waals surface area (Å²) in [5.74, 6) is -0.424. The number of benzene rings is 1. The molecule has 0 saturated carbocycles. The first-order valence-corrected chi connectivity index (χ1v) is 7.60. The minimum atomic E-state index is -4.53. The van der Waals surface area contributed by atoms with Crippen LogP contribution in [-0.4, -0.2) is 51.8 Å². The Morgan fingerprint density at radius 2 is 1.92 bits per heavy atom. The van der Waals surface area contributed by atoms with Crippen molar-refractivity contribution in [2.24, 2.45) is 0 Å². The van der Waals surface area contributed by atoms with E-state index in [0.29, 0.717) is 32.0 Å². The van der Waals surface area contributed by atoms with Crippen molar-refractivity contribution in [3.05, 3.63) is 23.8 Å². The Kier molecular flexibility index (Phi) is 6.07. The lowest BCUT2D eigenvalue weighted by Crippen LogP contribution is -2.39. The van der Waals surface area contributed by atoms with Gasteiger partial charge in [0.2, 0.25) is 5.91 Å². The van der Waals surface area contributed by atoms with Gasteiger partial charge in [0, 0.05) is 20.1 Å². The summed E-state index contributed by atoms with van der Waals surface area (Å²) in [6, 6.07) is 2.41. The molecule has 138 valence electrons. The monoisotopic (exact) mass is 360 g/mol. The largest absolute Gasteiger partial charge is 0.416 e. The number of hydrogen-bond donors (Lipinski definition) is 3. The Labute approximate surface area is 142 Å². The molecular weight excluding hydrogens is 341 g/mol. The van der Waals surface area contributed by atoms with Crippen molar-refractivity contribution in [2.75, 3.05) is 50.1 Å². The van der Waals surface area contributed by atoms with E-state index in [9.17, 15) is 22.8 Å². The number of carbonyl (C=O) groups is 2. The van der Waals surface area contributed by atoms with Gasteiger partial charge in [-0.05, 0) is 18.2 Å². The molecule has 1 aliphatic heterocycles. The van der Waals surface area contributed by atoms with Crippen LogP contribution in [0.3, 0.4) is 0 Å². The maximum absolute atomic E-state index is 13.0. The van der Waals surface area contributed by atoms with Gasteiger partial charge in [-0.2, -0.15) is 13.2 Å². The molecule has 0 aromatic heterocycles. The van der Waals surface area contributed by atoms with Crippen LogP contribution in [0, 0.1) is 0 Å². The predicted molar refractivity (Wildman–Crippen MR) is 85.6 cm³/mol. The summed E-state index contributed by atoms with van der Waals surface area (Å²) in [6.45, 7) is 1.61. The van der Waals surface area contributed by atoms with Crippen LogP contribution < -0.4 is 20.9 Å². The van der Waals surface area contributed by atoms with E-state index in [4.69, 9.17) is 4.74 Å². The number of anilines is 2. The average molecular weight is 360 g/mol. The standard InChI is InChI=1S/C15H19F3N4O3/c1-19-13(23)9-20-14(24)21-11-8-10(15(16,17)18)2-3-12(11)22-4-6-25-7-5-22/h2-3,8H,4-7,9H2,1H3,(H,19,23)(H2,20,21,24). The lowest BCUT2D eigenvalue weighted by molar-refractivity contribution is -0.137. The topological polar surface area (TPSA) is 82.7 Å². The Hall–Kier alpha value is -2.49. The number of morpholine rings is 1. The van der Waals surface area contributed by atoms with Crippen LogP contribution in [0.25, 0.3) is 0 Å². The van der Waals surface area contributed by atoms with Gasteiger partial charge < -0.3 is 25.6 Å². The summed E-state index contributed by atoms with van der Waals surface area (Å²) >= 11 is 0. The summed E-state index contributed by atoms with van der Waals surface area (Å²) in [5, 5.41) is 6.99. The zero-order chi connectivity index (χ0) is 18.4. The SMILES string of the molecule is CNC(=O)CNC(=O)Nc1cc(C(F)(F)F)ccc1N1CCOCC1. The van der Waals surface area contributed by atoms with E-state index in [2.05, 4.69) is 16.0 Å². The first-order chi connectivity index (χ1) is 11.8. The first-order valence-electron chi connectivity index (χ1n) is 7.60. The Bertz CT molecular complexity index is 631. The number of urea groups is 1. The van der Waals surface area contributed by atoms with Crippen molar-refractivity contribution >= 4 is 23.3 Å². The lowest BCUT2D eigenvalue weighted by Gasteiger charge is -2.31.